The van der Waals surface area contributed by atoms with Gasteiger partial charge in [-0.1, -0.05) is 0 Å². The normalized spacial score (nSPS) is 20.0. The van der Waals surface area contributed by atoms with Gasteiger partial charge < -0.3 is 10.7 Å². The maximum absolute atomic E-state index is 11.4. The number of rotatable bonds is 1. The maximum Gasteiger partial charge on any atom is 0.238 e. The lowest BCUT2D eigenvalue weighted by atomic mass is 9.92. The molecule has 0 aliphatic heterocycles. The van der Waals surface area contributed by atoms with Crippen LogP contribution in [-0.4, -0.2) is 19.4 Å². The van der Waals surface area contributed by atoms with E-state index in [2.05, 4.69) is 4.98 Å². The van der Waals surface area contributed by atoms with Crippen LogP contribution >= 0.6 is 0 Å². The van der Waals surface area contributed by atoms with Crippen LogP contribution in [0.3, 0.4) is 0 Å². The van der Waals surface area contributed by atoms with Crippen LogP contribution in [0, 0.1) is 0 Å². The zero-order valence-corrected chi connectivity index (χ0v) is 10.6. The van der Waals surface area contributed by atoms with Gasteiger partial charge in [0.05, 0.1) is 4.90 Å². The van der Waals surface area contributed by atoms with Crippen molar-refractivity contribution in [2.24, 2.45) is 10.9 Å². The lowest BCUT2D eigenvalue weighted by molar-refractivity contribution is 0.574. The molecule has 1 aromatic carbocycles. The molecule has 0 fully saturated rings. The highest BCUT2D eigenvalue weighted by molar-refractivity contribution is 7.89. The van der Waals surface area contributed by atoms with E-state index in [1.165, 1.54) is 11.8 Å². The molecule has 0 spiro atoms. The molecule has 0 saturated heterocycles. The van der Waals surface area contributed by atoms with Gasteiger partial charge in [-0.25, -0.2) is 13.6 Å². The summed E-state index contributed by atoms with van der Waals surface area (Å²) in [6.07, 6.45) is 2.65. The predicted molar refractivity (Wildman–Crippen MR) is 69.7 cm³/mol. The van der Waals surface area contributed by atoms with Gasteiger partial charge in [-0.2, -0.15) is 0 Å². The molecule has 1 atom stereocenters. The van der Waals surface area contributed by atoms with Crippen LogP contribution in [0.2, 0.25) is 0 Å². The average molecular weight is 265 g/mol. The first-order chi connectivity index (χ1) is 8.45. The number of aromatic amines is 1. The second-order valence-corrected chi connectivity index (χ2v) is 6.40. The van der Waals surface area contributed by atoms with Gasteiger partial charge in [0.2, 0.25) is 10.0 Å². The molecule has 1 aliphatic carbocycles. The molecule has 6 heteroatoms. The van der Waals surface area contributed by atoms with E-state index >= 15 is 0 Å². The van der Waals surface area contributed by atoms with Crippen molar-refractivity contribution in [3.63, 3.8) is 0 Å². The van der Waals surface area contributed by atoms with Gasteiger partial charge in [0.15, 0.2) is 0 Å². The van der Waals surface area contributed by atoms with Gasteiger partial charge in [-0.15, -0.1) is 0 Å². The first-order valence-electron chi connectivity index (χ1n) is 5.87. The zero-order valence-electron chi connectivity index (χ0n) is 9.81. The Morgan fingerprint density at radius 2 is 2.11 bits per heavy atom. The predicted octanol–water partition coefficient (Wildman–Crippen LogP) is 0.631. The minimum atomic E-state index is -3.66. The largest absolute Gasteiger partial charge is 0.358 e. The topological polar surface area (TPSA) is 102 Å². The number of benzene rings is 1. The van der Waals surface area contributed by atoms with E-state index in [1.807, 2.05) is 0 Å². The second kappa shape index (κ2) is 3.81. The lowest BCUT2D eigenvalue weighted by Gasteiger charge is -2.18. The summed E-state index contributed by atoms with van der Waals surface area (Å²) >= 11 is 0. The number of nitrogens with one attached hydrogen (secondary N) is 1. The number of fused-ring (bicyclic) bond motifs is 3. The summed E-state index contributed by atoms with van der Waals surface area (Å²) in [4.78, 5) is 3.47. The third-order valence-corrected chi connectivity index (χ3v) is 4.44. The number of primary sulfonamides is 1. The van der Waals surface area contributed by atoms with Crippen LogP contribution in [0.25, 0.3) is 10.9 Å². The first-order valence-corrected chi connectivity index (χ1v) is 7.41. The Morgan fingerprint density at radius 1 is 1.33 bits per heavy atom. The van der Waals surface area contributed by atoms with E-state index < -0.39 is 10.0 Å². The van der Waals surface area contributed by atoms with Crippen molar-refractivity contribution in [3.8, 4) is 0 Å². The third kappa shape index (κ3) is 1.82. The summed E-state index contributed by atoms with van der Waals surface area (Å²) in [5, 5.41) is 6.08. The van der Waals surface area contributed by atoms with Gasteiger partial charge in [-0.05, 0) is 43.0 Å². The van der Waals surface area contributed by atoms with Crippen molar-refractivity contribution in [3.05, 3.63) is 29.5 Å². The van der Waals surface area contributed by atoms with Crippen LogP contribution < -0.4 is 10.9 Å². The minimum Gasteiger partial charge on any atom is -0.358 e. The van der Waals surface area contributed by atoms with E-state index in [-0.39, 0.29) is 10.9 Å². The molecule has 5 nitrogen and oxygen atoms in total. The summed E-state index contributed by atoms with van der Waals surface area (Å²) in [5.41, 5.74) is 9.21. The standard InChI is InChI=1S/C12H15N3O2S/c13-7-1-3-11-9(5-7)10-6-8(18(14,16)17)2-4-12(10)15-11/h2,4,6-7,15H,1,3,5,13H2,(H2,14,16,17). The molecule has 0 radical (unpaired) electrons. The molecule has 3 rings (SSSR count). The molecule has 0 bridgehead atoms. The molecule has 2 aromatic rings. The molecular formula is C12H15N3O2S. The van der Waals surface area contributed by atoms with E-state index in [9.17, 15) is 8.42 Å². The molecule has 1 heterocycles. The van der Waals surface area contributed by atoms with Crippen molar-refractivity contribution in [1.82, 2.24) is 4.98 Å². The Kier molecular flexibility index (Phi) is 2.48. The first kappa shape index (κ1) is 11.7. The highest BCUT2D eigenvalue weighted by Crippen LogP contribution is 2.30. The Hall–Kier alpha value is -1.37. The Bertz CT molecular complexity index is 718. The van der Waals surface area contributed by atoms with Crippen molar-refractivity contribution in [1.29, 1.82) is 0 Å². The Morgan fingerprint density at radius 3 is 2.83 bits per heavy atom. The fourth-order valence-corrected chi connectivity index (χ4v) is 3.14. The average Bonchev–Trinajstić information content (AvgIpc) is 2.65. The SMILES string of the molecule is NC1CCc2[nH]c3ccc(S(N)(=O)=O)cc3c2C1. The van der Waals surface area contributed by atoms with Crippen LogP contribution in [0.4, 0.5) is 0 Å². The van der Waals surface area contributed by atoms with Crippen molar-refractivity contribution in [2.75, 3.05) is 0 Å². The monoisotopic (exact) mass is 265 g/mol. The molecule has 5 N–H and O–H groups in total. The summed E-state index contributed by atoms with van der Waals surface area (Å²) in [6, 6.07) is 5.07. The number of sulfonamides is 1. The molecule has 0 saturated carbocycles. The minimum absolute atomic E-state index is 0.148. The number of aromatic nitrogens is 1. The lowest BCUT2D eigenvalue weighted by Crippen LogP contribution is -2.27. The fraction of sp³-hybridized carbons (Fsp3) is 0.333. The van der Waals surface area contributed by atoms with Crippen LogP contribution in [0.1, 0.15) is 17.7 Å². The quantitative estimate of drug-likeness (QED) is 0.704. The maximum atomic E-state index is 11.4. The number of hydrogen-bond donors (Lipinski definition) is 3. The smallest absolute Gasteiger partial charge is 0.238 e. The van der Waals surface area contributed by atoms with Gasteiger partial charge in [0, 0.05) is 22.6 Å². The zero-order chi connectivity index (χ0) is 12.9. The van der Waals surface area contributed by atoms with Gasteiger partial charge in [0.25, 0.3) is 0 Å². The molecule has 18 heavy (non-hydrogen) atoms. The highest BCUT2D eigenvalue weighted by atomic mass is 32.2. The van der Waals surface area contributed by atoms with E-state index in [0.29, 0.717) is 0 Å². The van der Waals surface area contributed by atoms with Crippen molar-refractivity contribution < 1.29 is 8.42 Å². The number of aryl methyl sites for hydroxylation is 1. The number of hydrogen-bond acceptors (Lipinski definition) is 3. The Balaban J connectivity index is 2.24. The molecule has 1 unspecified atom stereocenters. The van der Waals surface area contributed by atoms with Crippen LogP contribution in [-0.2, 0) is 22.9 Å². The summed E-state index contributed by atoms with van der Waals surface area (Å²) < 4.78 is 22.7. The summed E-state index contributed by atoms with van der Waals surface area (Å²) in [7, 11) is -3.66. The van der Waals surface area contributed by atoms with E-state index in [4.69, 9.17) is 10.9 Å². The molecule has 1 aromatic heterocycles. The van der Waals surface area contributed by atoms with Gasteiger partial charge >= 0.3 is 0 Å². The summed E-state index contributed by atoms with van der Waals surface area (Å²) in [5.74, 6) is 0. The molecule has 96 valence electrons. The highest BCUT2D eigenvalue weighted by Gasteiger charge is 2.21. The fourth-order valence-electron chi connectivity index (χ4n) is 2.60. The van der Waals surface area contributed by atoms with E-state index in [1.54, 1.807) is 12.1 Å². The van der Waals surface area contributed by atoms with E-state index in [0.717, 1.165) is 35.7 Å². The third-order valence-electron chi connectivity index (χ3n) is 3.53. The molecular weight excluding hydrogens is 250 g/mol. The summed E-state index contributed by atoms with van der Waals surface area (Å²) in [6.45, 7) is 0. The number of nitrogens with two attached hydrogens (primary N) is 2. The van der Waals surface area contributed by atoms with Crippen LogP contribution in [0.5, 0.6) is 0 Å². The van der Waals surface area contributed by atoms with Crippen molar-refractivity contribution >= 4 is 20.9 Å². The second-order valence-electron chi connectivity index (χ2n) is 4.84. The van der Waals surface area contributed by atoms with Gasteiger partial charge in [0.1, 0.15) is 0 Å². The van der Waals surface area contributed by atoms with Crippen molar-refractivity contribution in [2.45, 2.75) is 30.2 Å². The molecule has 1 aliphatic rings. The van der Waals surface area contributed by atoms with Gasteiger partial charge in [-0.3, -0.25) is 0 Å². The molecule has 0 amide bonds. The Labute approximate surface area is 105 Å². The number of H-pyrrole nitrogens is 1. The van der Waals surface area contributed by atoms with Crippen LogP contribution in [0.15, 0.2) is 23.1 Å².